The number of rotatable bonds is 4. The van der Waals surface area contributed by atoms with Crippen LogP contribution in [0.4, 0.5) is 4.39 Å². The van der Waals surface area contributed by atoms with Gasteiger partial charge in [0.15, 0.2) is 15.6 Å². The van der Waals surface area contributed by atoms with Gasteiger partial charge in [-0.1, -0.05) is 29.8 Å². The first-order valence-corrected chi connectivity index (χ1v) is 11.3. The van der Waals surface area contributed by atoms with Gasteiger partial charge in [0.1, 0.15) is 11.4 Å². The Morgan fingerprint density at radius 2 is 1.97 bits per heavy atom. The van der Waals surface area contributed by atoms with E-state index in [1.165, 1.54) is 11.0 Å². The van der Waals surface area contributed by atoms with Crippen molar-refractivity contribution in [1.29, 1.82) is 0 Å². The fourth-order valence-corrected chi connectivity index (χ4v) is 5.60. The number of benzene rings is 2. The molecule has 0 saturated carbocycles. The molecule has 3 aromatic rings. The van der Waals surface area contributed by atoms with Gasteiger partial charge in [-0.25, -0.2) is 12.8 Å². The highest BCUT2D eigenvalue weighted by Crippen LogP contribution is 2.30. The van der Waals surface area contributed by atoms with Crippen molar-refractivity contribution in [1.82, 2.24) is 4.90 Å². The molecule has 1 aliphatic rings. The monoisotopic (exact) mass is 415 g/mol. The van der Waals surface area contributed by atoms with Crippen molar-refractivity contribution in [3.8, 4) is 0 Å². The van der Waals surface area contributed by atoms with Crippen molar-refractivity contribution in [2.45, 2.75) is 32.9 Å². The summed E-state index contributed by atoms with van der Waals surface area (Å²) in [6.07, 6.45) is 0.334. The van der Waals surface area contributed by atoms with E-state index in [2.05, 4.69) is 0 Å². The maximum absolute atomic E-state index is 14.3. The van der Waals surface area contributed by atoms with Gasteiger partial charge in [0, 0.05) is 29.1 Å². The molecule has 1 saturated heterocycles. The van der Waals surface area contributed by atoms with Crippen LogP contribution in [0.15, 0.2) is 46.9 Å². The van der Waals surface area contributed by atoms with E-state index in [4.69, 9.17) is 4.42 Å². The molecule has 0 radical (unpaired) electrons. The lowest BCUT2D eigenvalue weighted by Crippen LogP contribution is -2.41. The number of carbonyl (C=O) groups is 1. The van der Waals surface area contributed by atoms with Crippen LogP contribution < -0.4 is 0 Å². The van der Waals surface area contributed by atoms with E-state index in [0.717, 1.165) is 10.9 Å². The molecule has 7 heteroatoms. The summed E-state index contributed by atoms with van der Waals surface area (Å²) in [4.78, 5) is 14.9. The second-order valence-electron chi connectivity index (χ2n) is 7.64. The van der Waals surface area contributed by atoms with Gasteiger partial charge >= 0.3 is 0 Å². The number of amides is 1. The highest BCUT2D eigenvalue weighted by Gasteiger charge is 2.37. The van der Waals surface area contributed by atoms with Crippen LogP contribution in [0.25, 0.3) is 11.0 Å². The highest BCUT2D eigenvalue weighted by molar-refractivity contribution is 7.91. The lowest BCUT2D eigenvalue weighted by atomic mass is 10.1. The first-order valence-electron chi connectivity index (χ1n) is 9.50. The molecule has 0 aliphatic carbocycles. The Hall–Kier alpha value is -2.67. The molecule has 0 spiro atoms. The molecule has 1 aromatic heterocycles. The normalized spacial score (nSPS) is 18.2. The third kappa shape index (κ3) is 3.79. The zero-order chi connectivity index (χ0) is 20.8. The summed E-state index contributed by atoms with van der Waals surface area (Å²) in [7, 11) is -3.22. The van der Waals surface area contributed by atoms with E-state index in [9.17, 15) is 17.6 Å². The molecule has 2 aromatic carbocycles. The number of hydrogen-bond donors (Lipinski definition) is 0. The molecule has 5 nitrogen and oxygen atoms in total. The average molecular weight is 415 g/mol. The molecule has 0 unspecified atom stereocenters. The Labute approximate surface area is 169 Å². The van der Waals surface area contributed by atoms with Gasteiger partial charge in [-0.2, -0.15) is 0 Å². The molecule has 0 N–H and O–H groups in total. The molecule has 0 bridgehead atoms. The van der Waals surface area contributed by atoms with Gasteiger partial charge in [0.25, 0.3) is 5.91 Å². The van der Waals surface area contributed by atoms with Gasteiger partial charge in [0.05, 0.1) is 11.5 Å². The zero-order valence-corrected chi connectivity index (χ0v) is 17.1. The number of carbonyl (C=O) groups excluding carboxylic acids is 1. The third-order valence-corrected chi connectivity index (χ3v) is 7.24. The minimum Gasteiger partial charge on any atom is -0.451 e. The Balaban J connectivity index is 1.75. The summed E-state index contributed by atoms with van der Waals surface area (Å²) >= 11 is 0. The van der Waals surface area contributed by atoms with Gasteiger partial charge in [-0.3, -0.25) is 4.79 Å². The Morgan fingerprint density at radius 1 is 1.21 bits per heavy atom. The number of halogens is 1. The van der Waals surface area contributed by atoms with Gasteiger partial charge in [-0.15, -0.1) is 0 Å². The minimum atomic E-state index is -3.22. The number of sulfone groups is 1. The topological polar surface area (TPSA) is 67.6 Å². The predicted octanol–water partition coefficient (Wildman–Crippen LogP) is 4.02. The molecule has 152 valence electrons. The van der Waals surface area contributed by atoms with E-state index in [1.54, 1.807) is 18.2 Å². The van der Waals surface area contributed by atoms with Crippen LogP contribution in [0.1, 0.15) is 33.7 Å². The molecule has 1 fully saturated rings. The Bertz CT molecular complexity index is 1200. The SMILES string of the molecule is Cc1ccc2oc(C(=O)N(Cc3ccccc3F)[C@@H]3CCS(=O)(=O)C3)c(C)c2c1. The first kappa shape index (κ1) is 19.6. The van der Waals surface area contributed by atoms with Crippen LogP contribution in [0.5, 0.6) is 0 Å². The first-order chi connectivity index (χ1) is 13.7. The lowest BCUT2D eigenvalue weighted by molar-refractivity contribution is 0.0647. The quantitative estimate of drug-likeness (QED) is 0.646. The van der Waals surface area contributed by atoms with Crippen molar-refractivity contribution >= 4 is 26.7 Å². The summed E-state index contributed by atoms with van der Waals surface area (Å²) < 4.78 is 44.2. The maximum atomic E-state index is 14.3. The summed E-state index contributed by atoms with van der Waals surface area (Å²) in [6.45, 7) is 3.76. The fraction of sp³-hybridized carbons (Fsp3) is 0.318. The van der Waals surface area contributed by atoms with Crippen LogP contribution in [0.2, 0.25) is 0 Å². The molecule has 1 amide bonds. The van der Waals surface area contributed by atoms with Gasteiger partial charge in [-0.05, 0) is 38.5 Å². The zero-order valence-electron chi connectivity index (χ0n) is 16.3. The fourth-order valence-electron chi connectivity index (χ4n) is 3.87. The number of fused-ring (bicyclic) bond motifs is 1. The molecule has 1 aliphatic heterocycles. The number of aryl methyl sites for hydroxylation is 2. The molecule has 2 heterocycles. The molecular formula is C22H22FNO4S. The standard InChI is InChI=1S/C22H22FNO4S/c1-14-7-8-20-18(11-14)15(2)21(28-20)22(25)24(17-9-10-29(26,27)13-17)12-16-5-3-4-6-19(16)23/h3-8,11,17H,9-10,12-13H2,1-2H3/t17-/m1/s1. The number of furan rings is 1. The number of nitrogens with zero attached hydrogens (tertiary/aromatic N) is 1. The van der Waals surface area contributed by atoms with E-state index in [1.807, 2.05) is 32.0 Å². The summed E-state index contributed by atoms with van der Waals surface area (Å²) in [5.74, 6) is -0.765. The number of hydrogen-bond acceptors (Lipinski definition) is 4. The van der Waals surface area contributed by atoms with Crippen molar-refractivity contribution < 1.29 is 22.0 Å². The molecule has 29 heavy (non-hydrogen) atoms. The maximum Gasteiger partial charge on any atom is 0.290 e. The smallest absolute Gasteiger partial charge is 0.290 e. The third-order valence-electron chi connectivity index (χ3n) is 5.49. The van der Waals surface area contributed by atoms with Crippen LogP contribution in [0.3, 0.4) is 0 Å². The summed E-state index contributed by atoms with van der Waals surface area (Å²) in [6, 6.07) is 11.4. The van der Waals surface area contributed by atoms with Crippen molar-refractivity contribution in [3.63, 3.8) is 0 Å². The second-order valence-corrected chi connectivity index (χ2v) is 9.87. The average Bonchev–Trinajstić information content (AvgIpc) is 3.20. The van der Waals surface area contributed by atoms with Gasteiger partial charge in [0.2, 0.25) is 0 Å². The summed E-state index contributed by atoms with van der Waals surface area (Å²) in [5, 5.41) is 0.846. The van der Waals surface area contributed by atoms with Crippen LogP contribution in [0, 0.1) is 19.7 Å². The van der Waals surface area contributed by atoms with E-state index < -0.39 is 27.6 Å². The van der Waals surface area contributed by atoms with Crippen LogP contribution in [-0.2, 0) is 16.4 Å². The molecule has 1 atom stereocenters. The molecular weight excluding hydrogens is 393 g/mol. The molecule has 4 rings (SSSR count). The van der Waals surface area contributed by atoms with Crippen LogP contribution in [-0.4, -0.2) is 36.8 Å². The highest BCUT2D eigenvalue weighted by atomic mass is 32.2. The summed E-state index contributed by atoms with van der Waals surface area (Å²) in [5.41, 5.74) is 2.69. The van der Waals surface area contributed by atoms with Crippen molar-refractivity contribution in [2.75, 3.05) is 11.5 Å². The van der Waals surface area contributed by atoms with Gasteiger partial charge < -0.3 is 9.32 Å². The van der Waals surface area contributed by atoms with Crippen molar-refractivity contribution in [2.24, 2.45) is 0 Å². The predicted molar refractivity (Wildman–Crippen MR) is 109 cm³/mol. The van der Waals surface area contributed by atoms with E-state index in [0.29, 0.717) is 23.1 Å². The Kier molecular flexibility index (Phi) is 4.94. The van der Waals surface area contributed by atoms with E-state index in [-0.39, 0.29) is 23.8 Å². The van der Waals surface area contributed by atoms with Crippen molar-refractivity contribution in [3.05, 3.63) is 70.7 Å². The second kappa shape index (κ2) is 7.30. The lowest BCUT2D eigenvalue weighted by Gasteiger charge is -2.28. The van der Waals surface area contributed by atoms with E-state index >= 15 is 0 Å². The Morgan fingerprint density at radius 3 is 2.66 bits per heavy atom. The van der Waals surface area contributed by atoms with Crippen LogP contribution >= 0.6 is 0 Å². The minimum absolute atomic E-state index is 0.0127. The largest absolute Gasteiger partial charge is 0.451 e.